The second kappa shape index (κ2) is 9.33. The summed E-state index contributed by atoms with van der Waals surface area (Å²) in [6, 6.07) is 48.1. The van der Waals surface area contributed by atoms with Crippen molar-refractivity contribution in [3.8, 4) is 34.2 Å². The molecule has 9 aromatic rings. The molecule has 9 rings (SSSR count). The molecule has 0 amide bonds. The number of rotatable bonds is 3. The second-order valence-corrected chi connectivity index (χ2v) is 10.8. The number of benzene rings is 7. The van der Waals surface area contributed by atoms with Gasteiger partial charge in [-0.25, -0.2) is 15.0 Å². The zero-order valence-corrected chi connectivity index (χ0v) is 23.0. The molecule has 0 unspecified atom stereocenters. The fourth-order valence-corrected chi connectivity index (χ4v) is 6.27. The summed E-state index contributed by atoms with van der Waals surface area (Å²) in [6.07, 6.45) is 0. The van der Waals surface area contributed by atoms with Crippen LogP contribution in [0.3, 0.4) is 0 Å². The van der Waals surface area contributed by atoms with Crippen molar-refractivity contribution in [1.82, 2.24) is 15.0 Å². The zero-order valence-electron chi connectivity index (χ0n) is 23.0. The summed E-state index contributed by atoms with van der Waals surface area (Å²) in [5.74, 6) is 1.91. The minimum Gasteiger partial charge on any atom is -0.456 e. The molecule has 2 aromatic heterocycles. The molecular weight excluding hydrogens is 526 g/mol. The monoisotopic (exact) mass is 549 g/mol. The highest BCUT2D eigenvalue weighted by molar-refractivity contribution is 6.23. The van der Waals surface area contributed by atoms with Crippen LogP contribution in [0, 0.1) is 0 Å². The van der Waals surface area contributed by atoms with E-state index in [1.54, 1.807) is 0 Å². The van der Waals surface area contributed by atoms with E-state index in [2.05, 4.69) is 78.9 Å². The van der Waals surface area contributed by atoms with Crippen LogP contribution in [-0.4, -0.2) is 15.0 Å². The Kier molecular flexibility index (Phi) is 5.16. The summed E-state index contributed by atoms with van der Waals surface area (Å²) in [6.45, 7) is 0. The Morgan fingerprint density at radius 3 is 1.86 bits per heavy atom. The quantitative estimate of drug-likeness (QED) is 0.206. The van der Waals surface area contributed by atoms with E-state index in [1.165, 1.54) is 21.5 Å². The van der Waals surface area contributed by atoms with Gasteiger partial charge < -0.3 is 4.42 Å². The van der Waals surface area contributed by atoms with E-state index in [1.807, 2.05) is 60.7 Å². The minimum absolute atomic E-state index is 0.623. The molecule has 0 bridgehead atoms. The van der Waals surface area contributed by atoms with Crippen molar-refractivity contribution in [2.75, 3.05) is 0 Å². The van der Waals surface area contributed by atoms with Crippen LogP contribution in [0.2, 0.25) is 0 Å². The molecule has 0 radical (unpaired) electrons. The number of hydrogen-bond donors (Lipinski definition) is 0. The maximum absolute atomic E-state index is 6.10. The van der Waals surface area contributed by atoms with Crippen LogP contribution in [0.1, 0.15) is 0 Å². The first-order chi connectivity index (χ1) is 21.3. The molecule has 4 nitrogen and oxygen atoms in total. The van der Waals surface area contributed by atoms with Gasteiger partial charge in [-0.1, -0.05) is 115 Å². The van der Waals surface area contributed by atoms with Gasteiger partial charge in [-0.05, 0) is 51.2 Å². The van der Waals surface area contributed by atoms with Gasteiger partial charge >= 0.3 is 0 Å². The topological polar surface area (TPSA) is 51.8 Å². The molecule has 7 aromatic carbocycles. The molecule has 0 spiro atoms. The van der Waals surface area contributed by atoms with Crippen molar-refractivity contribution in [3.63, 3.8) is 0 Å². The van der Waals surface area contributed by atoms with Gasteiger partial charge in [-0.15, -0.1) is 0 Å². The fourth-order valence-electron chi connectivity index (χ4n) is 6.27. The van der Waals surface area contributed by atoms with Gasteiger partial charge in [-0.2, -0.15) is 0 Å². The lowest BCUT2D eigenvalue weighted by molar-refractivity contribution is 0.669. The highest BCUT2D eigenvalue weighted by Gasteiger charge is 2.17. The third kappa shape index (κ3) is 3.81. The predicted octanol–water partition coefficient (Wildman–Crippen LogP) is 10.2. The van der Waals surface area contributed by atoms with Crippen molar-refractivity contribution in [1.29, 1.82) is 0 Å². The number of fused-ring (bicyclic) bond motifs is 8. The Hall–Kier alpha value is -5.87. The second-order valence-electron chi connectivity index (χ2n) is 10.8. The summed E-state index contributed by atoms with van der Waals surface area (Å²) < 4.78 is 6.10. The highest BCUT2D eigenvalue weighted by Crippen LogP contribution is 2.38. The van der Waals surface area contributed by atoms with E-state index in [9.17, 15) is 0 Å². The van der Waals surface area contributed by atoms with Crippen molar-refractivity contribution in [2.45, 2.75) is 0 Å². The highest BCUT2D eigenvalue weighted by atomic mass is 16.3. The van der Waals surface area contributed by atoms with Crippen LogP contribution in [0.15, 0.2) is 144 Å². The van der Waals surface area contributed by atoms with Gasteiger partial charge in [0.2, 0.25) is 0 Å². The molecule has 0 atom stereocenters. The smallest absolute Gasteiger partial charge is 0.164 e. The Labute approximate surface area is 246 Å². The molecule has 4 heteroatoms. The normalized spacial score (nSPS) is 11.7. The van der Waals surface area contributed by atoms with Crippen LogP contribution >= 0.6 is 0 Å². The molecular formula is C39H23N3O. The molecule has 200 valence electrons. The molecule has 0 fully saturated rings. The average molecular weight is 550 g/mol. The third-order valence-corrected chi connectivity index (χ3v) is 8.29. The van der Waals surface area contributed by atoms with Crippen LogP contribution < -0.4 is 0 Å². The molecule has 43 heavy (non-hydrogen) atoms. The SMILES string of the molecule is c1ccc(-c2nc(-c3ccc4oc5ccccc5c4c3)nc(-c3cccc4ccc5ccc6ccccc6c5c34)n2)cc1. The summed E-state index contributed by atoms with van der Waals surface area (Å²) in [5, 5.41) is 9.23. The Morgan fingerprint density at radius 2 is 1.00 bits per heavy atom. The van der Waals surface area contributed by atoms with E-state index in [0.29, 0.717) is 17.5 Å². The maximum atomic E-state index is 6.10. The number of nitrogens with zero attached hydrogens (tertiary/aromatic N) is 3. The lowest BCUT2D eigenvalue weighted by Crippen LogP contribution is -2.00. The molecule has 2 heterocycles. The summed E-state index contributed by atoms with van der Waals surface area (Å²) >= 11 is 0. The van der Waals surface area contributed by atoms with Gasteiger partial charge in [0.15, 0.2) is 17.5 Å². The van der Waals surface area contributed by atoms with Crippen LogP contribution in [0.5, 0.6) is 0 Å². The van der Waals surface area contributed by atoms with Crippen molar-refractivity contribution < 1.29 is 4.42 Å². The number of furan rings is 1. The van der Waals surface area contributed by atoms with Gasteiger partial charge in [0.1, 0.15) is 11.2 Å². The first kappa shape index (κ1) is 23.8. The Morgan fingerprint density at radius 1 is 0.372 bits per heavy atom. The van der Waals surface area contributed by atoms with Crippen molar-refractivity contribution in [2.24, 2.45) is 0 Å². The van der Waals surface area contributed by atoms with Gasteiger partial charge in [0, 0.05) is 32.8 Å². The number of para-hydroxylation sites is 1. The van der Waals surface area contributed by atoms with Gasteiger partial charge in [0.25, 0.3) is 0 Å². The minimum atomic E-state index is 0.623. The Bertz CT molecular complexity index is 2510. The van der Waals surface area contributed by atoms with E-state index >= 15 is 0 Å². The average Bonchev–Trinajstić information content (AvgIpc) is 3.46. The summed E-state index contributed by atoms with van der Waals surface area (Å²) in [4.78, 5) is 15.3. The maximum Gasteiger partial charge on any atom is 0.164 e. The van der Waals surface area contributed by atoms with E-state index in [-0.39, 0.29) is 0 Å². The zero-order chi connectivity index (χ0) is 28.3. The standard InChI is InChI=1S/C39H23N3O/c1-2-10-27(11-3-1)37-40-38(28-21-22-34-32(23-28)30-14-6-7-16-33(30)43-34)42-39(41-37)31-15-8-12-25-19-20-26-18-17-24-9-4-5-13-29(24)35(26)36(25)31/h1-23H. The molecule has 0 saturated carbocycles. The lowest BCUT2D eigenvalue weighted by Gasteiger charge is -2.13. The van der Waals surface area contributed by atoms with Crippen molar-refractivity contribution >= 4 is 54.3 Å². The Balaban J connectivity index is 1.35. The van der Waals surface area contributed by atoms with E-state index in [0.717, 1.165) is 49.4 Å². The number of aromatic nitrogens is 3. The van der Waals surface area contributed by atoms with E-state index < -0.39 is 0 Å². The summed E-state index contributed by atoms with van der Waals surface area (Å²) in [7, 11) is 0. The van der Waals surface area contributed by atoms with Crippen LogP contribution in [0.4, 0.5) is 0 Å². The van der Waals surface area contributed by atoms with Gasteiger partial charge in [0.05, 0.1) is 0 Å². The van der Waals surface area contributed by atoms with Crippen molar-refractivity contribution in [3.05, 3.63) is 140 Å². The first-order valence-electron chi connectivity index (χ1n) is 14.4. The number of hydrogen-bond acceptors (Lipinski definition) is 4. The third-order valence-electron chi connectivity index (χ3n) is 8.29. The van der Waals surface area contributed by atoms with Crippen LogP contribution in [0.25, 0.3) is 88.4 Å². The largest absolute Gasteiger partial charge is 0.456 e. The van der Waals surface area contributed by atoms with Gasteiger partial charge in [-0.3, -0.25) is 0 Å². The van der Waals surface area contributed by atoms with E-state index in [4.69, 9.17) is 19.4 Å². The molecule has 0 aliphatic carbocycles. The summed E-state index contributed by atoms with van der Waals surface area (Å²) in [5.41, 5.74) is 4.55. The molecule has 0 aliphatic heterocycles. The lowest BCUT2D eigenvalue weighted by atomic mass is 9.93. The fraction of sp³-hybridized carbons (Fsp3) is 0. The molecule has 0 saturated heterocycles. The molecule has 0 aliphatic rings. The first-order valence-corrected chi connectivity index (χ1v) is 14.4. The van der Waals surface area contributed by atoms with Crippen LogP contribution in [-0.2, 0) is 0 Å². The molecule has 0 N–H and O–H groups in total. The predicted molar refractivity (Wildman–Crippen MR) is 176 cm³/mol.